The molecule has 42 heavy (non-hydrogen) atoms. The quantitative estimate of drug-likeness (QED) is 0.315. The van der Waals surface area contributed by atoms with E-state index in [1.807, 2.05) is 75.2 Å². The van der Waals surface area contributed by atoms with E-state index in [1.165, 1.54) is 51.4 Å². The molecule has 2 nitrogen and oxygen atoms in total. The minimum atomic E-state index is -2.98. The van der Waals surface area contributed by atoms with Crippen LogP contribution in [-0.4, -0.2) is 17.1 Å². The molecule has 0 aliphatic heterocycles. The summed E-state index contributed by atoms with van der Waals surface area (Å²) in [6.07, 6.45) is 16.4. The molecule has 0 spiro atoms. The Labute approximate surface area is 258 Å². The topological polar surface area (TPSA) is 40.5 Å². The van der Waals surface area contributed by atoms with Crippen molar-refractivity contribution >= 4 is 6.88 Å². The maximum absolute atomic E-state index is 9.21. The van der Waals surface area contributed by atoms with Crippen LogP contribution in [0.4, 0.5) is 0 Å². The maximum atomic E-state index is 9.21. The van der Waals surface area contributed by atoms with Crippen molar-refractivity contribution in [3.63, 3.8) is 0 Å². The van der Waals surface area contributed by atoms with Crippen LogP contribution in [-0.2, 0) is 17.4 Å². The summed E-state index contributed by atoms with van der Waals surface area (Å²) in [5, 5.41) is 18.4. The minimum Gasteiger partial charge on any atom is -0.507 e. The molecule has 0 saturated heterocycles. The van der Waals surface area contributed by atoms with Crippen LogP contribution >= 0.6 is 0 Å². The summed E-state index contributed by atoms with van der Waals surface area (Å²) in [4.78, 5) is 0. The van der Waals surface area contributed by atoms with E-state index < -0.39 is 17.4 Å². The summed E-state index contributed by atoms with van der Waals surface area (Å²) < 4.78 is 7.31. The van der Waals surface area contributed by atoms with Gasteiger partial charge in [-0.1, -0.05) is 36.4 Å². The molecule has 2 atom stereocenters. The van der Waals surface area contributed by atoms with Gasteiger partial charge < -0.3 is 10.2 Å². The average Bonchev–Trinajstić information content (AvgIpc) is 3.47. The molecule has 0 saturated carbocycles. The van der Waals surface area contributed by atoms with Gasteiger partial charge in [0.2, 0.25) is 0 Å². The molecule has 0 radical (unpaired) electrons. The van der Waals surface area contributed by atoms with E-state index in [2.05, 4.69) is 42.1 Å². The molecule has 0 aromatic heterocycles. The van der Waals surface area contributed by atoms with Crippen LogP contribution in [0.2, 0.25) is 16.5 Å². The molecular formula is C38H54O2SiZr. The fourth-order valence-electron chi connectivity index (χ4n) is 8.58. The van der Waals surface area contributed by atoms with Gasteiger partial charge in [-0.3, -0.25) is 0 Å². The van der Waals surface area contributed by atoms with Crippen molar-refractivity contribution in [3.05, 3.63) is 104 Å². The number of phenolic OH excluding ortho intramolecular Hbond substituents is 2. The van der Waals surface area contributed by atoms with Crippen LogP contribution < -0.4 is 0 Å². The molecule has 0 heterocycles. The zero-order valence-electron chi connectivity index (χ0n) is 27.5. The largest absolute Gasteiger partial charge is 0.507 e. The van der Waals surface area contributed by atoms with Crippen LogP contribution in [0.25, 0.3) is 0 Å². The number of hydrogen-bond donors (Lipinski definition) is 2. The van der Waals surface area contributed by atoms with Crippen molar-refractivity contribution in [2.24, 2.45) is 0 Å². The van der Waals surface area contributed by atoms with Gasteiger partial charge in [0.25, 0.3) is 0 Å². The first kappa shape index (κ1) is 33.0. The van der Waals surface area contributed by atoms with Gasteiger partial charge in [0.1, 0.15) is 11.5 Å². The van der Waals surface area contributed by atoms with Crippen molar-refractivity contribution in [1.29, 1.82) is 0 Å². The van der Waals surface area contributed by atoms with Gasteiger partial charge in [-0.15, -0.1) is 0 Å². The molecule has 0 amide bonds. The maximum Gasteiger partial charge on any atom is 0.121 e. The SMILES string of the molecule is CC1=CC2=C(CCCC2)[CH]1[Zr]([CH3])([CH3])(=[SiH2])[CH]1C(C)=CC2=C1CCCC2.Cc1cccc(C)c1O.Cc1cccc(C)c1O. The summed E-state index contributed by atoms with van der Waals surface area (Å²) in [5.41, 5.74) is 14.5. The Balaban J connectivity index is 0.000000184. The average molecular weight is 662 g/mol. The van der Waals surface area contributed by atoms with E-state index in [0.717, 1.165) is 29.5 Å². The Morgan fingerprint density at radius 3 is 1.19 bits per heavy atom. The molecule has 4 aliphatic carbocycles. The van der Waals surface area contributed by atoms with Crippen molar-refractivity contribution in [1.82, 2.24) is 0 Å². The fourth-order valence-corrected chi connectivity index (χ4v) is 31.1. The zero-order valence-corrected chi connectivity index (χ0v) is 31.4. The predicted octanol–water partition coefficient (Wildman–Crippen LogP) is 10.6. The molecule has 6 rings (SSSR count). The van der Waals surface area contributed by atoms with Crippen molar-refractivity contribution in [2.45, 2.75) is 109 Å². The summed E-state index contributed by atoms with van der Waals surface area (Å²) in [6.45, 7) is 15.0. The number of rotatable bonds is 2. The number of para-hydroxylation sites is 2. The zero-order chi connectivity index (χ0) is 30.8. The van der Waals surface area contributed by atoms with Gasteiger partial charge in [-0.05, 0) is 49.9 Å². The normalized spacial score (nSPS) is 21.8. The van der Waals surface area contributed by atoms with E-state index in [-0.39, 0.29) is 0 Å². The molecular weight excluding hydrogens is 608 g/mol. The van der Waals surface area contributed by atoms with Crippen molar-refractivity contribution in [2.75, 3.05) is 0 Å². The van der Waals surface area contributed by atoms with Gasteiger partial charge in [0, 0.05) is 0 Å². The molecule has 0 fully saturated rings. The molecule has 226 valence electrons. The van der Waals surface area contributed by atoms with Gasteiger partial charge in [0.15, 0.2) is 0 Å². The van der Waals surface area contributed by atoms with Gasteiger partial charge in [-0.25, -0.2) is 0 Å². The standard InChI is InChI=1S/2C10H13.2C8H10O.2CH3.H2Si.Zr/c2*1-8-6-9-4-2-3-5-10(9)7-8;2*1-6-4-3-5-7(2)8(6)9;;;;/h2*6-7H,2-5H2,1H3;2*3-5,9H,1-2H3;2*1H3;1H2;. The Morgan fingerprint density at radius 2 is 0.881 bits per heavy atom. The van der Waals surface area contributed by atoms with E-state index in [0.29, 0.717) is 11.5 Å². The van der Waals surface area contributed by atoms with E-state index in [4.69, 9.17) is 0 Å². The summed E-state index contributed by atoms with van der Waals surface area (Å²) in [7, 11) is 0. The monoisotopic (exact) mass is 660 g/mol. The number of aromatic hydroxyl groups is 2. The smallest absolute Gasteiger partial charge is 0.121 e. The van der Waals surface area contributed by atoms with Gasteiger partial charge >= 0.3 is 152 Å². The molecule has 4 heteroatoms. The number of hydrogen-bond acceptors (Lipinski definition) is 2. The van der Waals surface area contributed by atoms with E-state index in [1.54, 1.807) is 22.3 Å². The Kier molecular flexibility index (Phi) is 10.2. The minimum absolute atomic E-state index is 0.414. The number of phenols is 2. The summed E-state index contributed by atoms with van der Waals surface area (Å²) in [5.74, 6) is 0.829. The third-order valence-corrected chi connectivity index (χ3v) is 28.4. The summed E-state index contributed by atoms with van der Waals surface area (Å²) in [6, 6.07) is 11.4. The second-order valence-electron chi connectivity index (χ2n) is 14.6. The van der Waals surface area contributed by atoms with Crippen LogP contribution in [0.1, 0.15) is 87.5 Å². The first-order chi connectivity index (χ1) is 19.7. The molecule has 0 bridgehead atoms. The van der Waals surface area contributed by atoms with Crippen LogP contribution in [0, 0.1) is 27.7 Å². The Morgan fingerprint density at radius 1 is 0.571 bits per heavy atom. The van der Waals surface area contributed by atoms with Gasteiger partial charge in [0.05, 0.1) is 0 Å². The molecule has 2 unspecified atom stereocenters. The predicted molar refractivity (Wildman–Crippen MR) is 181 cm³/mol. The Bertz CT molecular complexity index is 1390. The number of benzene rings is 2. The number of allylic oxidation sites excluding steroid dienone is 8. The first-order valence-corrected chi connectivity index (χ1v) is 29.8. The summed E-state index contributed by atoms with van der Waals surface area (Å²) >= 11 is -2.98. The van der Waals surface area contributed by atoms with Crippen molar-refractivity contribution in [3.8, 4) is 11.5 Å². The molecule has 2 N–H and O–H groups in total. The van der Waals surface area contributed by atoms with Crippen LogP contribution in [0.15, 0.2) is 82.0 Å². The Hall–Kier alpha value is -1.90. The third-order valence-electron chi connectivity index (χ3n) is 10.3. The third kappa shape index (κ3) is 6.76. The molecule has 4 aliphatic rings. The van der Waals surface area contributed by atoms with Crippen LogP contribution in [0.3, 0.4) is 0 Å². The van der Waals surface area contributed by atoms with Crippen LogP contribution in [0.5, 0.6) is 11.5 Å². The fraction of sp³-hybridized carbons (Fsp3) is 0.474. The molecule has 2 aromatic carbocycles. The van der Waals surface area contributed by atoms with Gasteiger partial charge in [-0.2, -0.15) is 0 Å². The second-order valence-corrected chi connectivity index (χ2v) is 45.0. The second kappa shape index (κ2) is 13.0. The first-order valence-electron chi connectivity index (χ1n) is 16.1. The van der Waals surface area contributed by atoms with E-state index >= 15 is 0 Å². The molecule has 2 aromatic rings. The number of aryl methyl sites for hydroxylation is 4. The van der Waals surface area contributed by atoms with Crippen molar-refractivity contribution < 1.29 is 27.6 Å². The van der Waals surface area contributed by atoms with E-state index in [9.17, 15) is 10.2 Å².